The molecule has 0 saturated heterocycles. The third kappa shape index (κ3) is 2.62. The lowest BCUT2D eigenvalue weighted by molar-refractivity contribution is 0.332. The number of hydrogen-bond acceptors (Lipinski definition) is 2. The van der Waals surface area contributed by atoms with Gasteiger partial charge >= 0.3 is 0 Å². The lowest BCUT2D eigenvalue weighted by Crippen LogP contribution is -2.18. The fourth-order valence-corrected chi connectivity index (χ4v) is 1.80. The minimum Gasteiger partial charge on any atom is -0.257 e. The molecule has 13 heavy (non-hydrogen) atoms. The van der Waals surface area contributed by atoms with Crippen LogP contribution >= 0.6 is 22.6 Å². The van der Waals surface area contributed by atoms with Crippen molar-refractivity contribution in [3.05, 3.63) is 21.8 Å². The van der Waals surface area contributed by atoms with Crippen molar-refractivity contribution in [1.82, 2.24) is 9.97 Å². The van der Waals surface area contributed by atoms with Crippen LogP contribution in [0.3, 0.4) is 0 Å². The zero-order valence-electron chi connectivity index (χ0n) is 8.50. The molecule has 2 nitrogen and oxygen atoms in total. The molecule has 0 saturated carbocycles. The molecule has 3 heteroatoms. The van der Waals surface area contributed by atoms with Crippen LogP contribution in [-0.2, 0) is 0 Å². The first-order chi connectivity index (χ1) is 5.93. The second-order valence-electron chi connectivity index (χ2n) is 4.32. The third-order valence-corrected chi connectivity index (χ3v) is 3.22. The highest BCUT2D eigenvalue weighted by Crippen LogP contribution is 2.34. The normalized spacial score (nSPS) is 14.2. The summed E-state index contributed by atoms with van der Waals surface area (Å²) < 4.78 is 1.02. The largest absolute Gasteiger partial charge is 0.257 e. The Kier molecular flexibility index (Phi) is 3.27. The van der Waals surface area contributed by atoms with Crippen LogP contribution in [0.1, 0.15) is 39.3 Å². The predicted molar refractivity (Wildman–Crippen MR) is 62.6 cm³/mol. The summed E-state index contributed by atoms with van der Waals surface area (Å²) >= 11 is 2.24. The van der Waals surface area contributed by atoms with E-state index >= 15 is 0 Å². The van der Waals surface area contributed by atoms with Gasteiger partial charge in [-0.2, -0.15) is 0 Å². The molecule has 0 aliphatic heterocycles. The topological polar surface area (TPSA) is 25.8 Å². The maximum absolute atomic E-state index is 4.37. The number of halogens is 1. The number of nitrogens with zero attached hydrogens (tertiary/aromatic N) is 2. The Labute approximate surface area is 93.3 Å². The van der Waals surface area contributed by atoms with E-state index in [-0.39, 0.29) is 5.41 Å². The van der Waals surface area contributed by atoms with Gasteiger partial charge in [0.1, 0.15) is 3.70 Å². The maximum Gasteiger partial charge on any atom is 0.123 e. The summed E-state index contributed by atoms with van der Waals surface area (Å²) in [5, 5.41) is 0. The Hall–Kier alpha value is -0.190. The van der Waals surface area contributed by atoms with Gasteiger partial charge in [0.05, 0.1) is 5.69 Å². The average molecular weight is 290 g/mol. The third-order valence-electron chi connectivity index (χ3n) is 2.39. The van der Waals surface area contributed by atoms with Gasteiger partial charge in [0.2, 0.25) is 0 Å². The highest BCUT2D eigenvalue weighted by Gasteiger charge is 2.24. The highest BCUT2D eigenvalue weighted by atomic mass is 127. The van der Waals surface area contributed by atoms with Crippen LogP contribution in [0.15, 0.2) is 12.4 Å². The number of rotatable bonds is 1. The lowest BCUT2D eigenvalue weighted by Gasteiger charge is -2.26. The highest BCUT2D eigenvalue weighted by molar-refractivity contribution is 14.1. The van der Waals surface area contributed by atoms with Gasteiger partial charge in [0.15, 0.2) is 0 Å². The number of aromatic nitrogens is 2. The van der Waals surface area contributed by atoms with Crippen molar-refractivity contribution in [2.45, 2.75) is 33.6 Å². The van der Waals surface area contributed by atoms with E-state index in [1.54, 1.807) is 12.4 Å². The Balaban J connectivity index is 3.02. The van der Waals surface area contributed by atoms with Gasteiger partial charge in [-0.1, -0.05) is 27.7 Å². The molecule has 0 spiro atoms. The van der Waals surface area contributed by atoms with Gasteiger partial charge in [0, 0.05) is 18.3 Å². The van der Waals surface area contributed by atoms with E-state index in [9.17, 15) is 0 Å². The van der Waals surface area contributed by atoms with E-state index in [0.717, 1.165) is 9.39 Å². The quantitative estimate of drug-likeness (QED) is 0.742. The van der Waals surface area contributed by atoms with Crippen molar-refractivity contribution >= 4 is 22.6 Å². The summed E-state index contributed by atoms with van der Waals surface area (Å²) in [6.45, 7) is 8.87. The number of hydrogen-bond donors (Lipinski definition) is 0. The molecule has 0 fully saturated rings. The molecule has 0 amide bonds. The van der Waals surface area contributed by atoms with Crippen LogP contribution in [0.4, 0.5) is 0 Å². The summed E-state index contributed by atoms with van der Waals surface area (Å²) in [7, 11) is 0. The van der Waals surface area contributed by atoms with E-state index in [0.29, 0.717) is 5.92 Å². The average Bonchev–Trinajstić information content (AvgIpc) is 2.02. The Morgan fingerprint density at radius 2 is 1.77 bits per heavy atom. The molecule has 0 aliphatic carbocycles. The Morgan fingerprint density at radius 3 is 2.23 bits per heavy atom. The van der Waals surface area contributed by atoms with Gasteiger partial charge in [-0.3, -0.25) is 4.98 Å². The summed E-state index contributed by atoms with van der Waals surface area (Å²) in [6, 6.07) is 0. The van der Waals surface area contributed by atoms with Crippen molar-refractivity contribution in [1.29, 1.82) is 0 Å². The summed E-state index contributed by atoms with van der Waals surface area (Å²) in [5.41, 5.74) is 1.35. The molecular weight excluding hydrogens is 275 g/mol. The van der Waals surface area contributed by atoms with Crippen LogP contribution in [0, 0.1) is 9.12 Å². The monoisotopic (exact) mass is 290 g/mol. The molecule has 0 aromatic carbocycles. The molecule has 1 aromatic rings. The molecule has 1 unspecified atom stereocenters. The molecule has 0 N–H and O–H groups in total. The molecule has 1 rings (SSSR count). The molecule has 0 radical (unpaired) electrons. The second kappa shape index (κ2) is 3.90. The Bertz CT molecular complexity index is 291. The molecule has 1 atom stereocenters. The van der Waals surface area contributed by atoms with E-state index in [1.165, 1.54) is 0 Å². The van der Waals surface area contributed by atoms with Gasteiger partial charge < -0.3 is 0 Å². The fraction of sp³-hybridized carbons (Fsp3) is 0.600. The van der Waals surface area contributed by atoms with Gasteiger partial charge in [-0.25, -0.2) is 4.98 Å². The molecule has 0 bridgehead atoms. The van der Waals surface area contributed by atoms with Crippen LogP contribution in [0.2, 0.25) is 0 Å². The van der Waals surface area contributed by atoms with E-state index in [2.05, 4.69) is 60.3 Å². The molecule has 1 heterocycles. The van der Waals surface area contributed by atoms with Crippen molar-refractivity contribution in [2.24, 2.45) is 5.41 Å². The summed E-state index contributed by atoms with van der Waals surface area (Å²) in [5.74, 6) is 0.438. The van der Waals surface area contributed by atoms with Crippen LogP contribution in [0.25, 0.3) is 0 Å². The zero-order valence-corrected chi connectivity index (χ0v) is 10.7. The van der Waals surface area contributed by atoms with Gasteiger partial charge in [0.25, 0.3) is 0 Å². The van der Waals surface area contributed by atoms with Crippen molar-refractivity contribution in [2.75, 3.05) is 0 Å². The molecular formula is C10H15IN2. The first-order valence-electron chi connectivity index (χ1n) is 4.39. The summed E-state index contributed by atoms with van der Waals surface area (Å²) in [6.07, 6.45) is 3.50. The van der Waals surface area contributed by atoms with Crippen LogP contribution < -0.4 is 0 Å². The standard InChI is InChI=1S/C10H15IN2/c1-7(10(2,3)4)8-9(11)13-6-5-12-8/h5-7H,1-4H3. The van der Waals surface area contributed by atoms with E-state index < -0.39 is 0 Å². The molecule has 1 aromatic heterocycles. The van der Waals surface area contributed by atoms with Crippen molar-refractivity contribution in [3.8, 4) is 0 Å². The van der Waals surface area contributed by atoms with Gasteiger partial charge in [-0.05, 0) is 28.0 Å². The van der Waals surface area contributed by atoms with Gasteiger partial charge in [-0.15, -0.1) is 0 Å². The minimum atomic E-state index is 0.246. The molecule has 72 valence electrons. The van der Waals surface area contributed by atoms with E-state index in [1.807, 2.05) is 0 Å². The minimum absolute atomic E-state index is 0.246. The smallest absolute Gasteiger partial charge is 0.123 e. The summed E-state index contributed by atoms with van der Waals surface area (Å²) in [4.78, 5) is 8.61. The van der Waals surface area contributed by atoms with Crippen molar-refractivity contribution in [3.63, 3.8) is 0 Å². The maximum atomic E-state index is 4.37. The second-order valence-corrected chi connectivity index (χ2v) is 5.34. The van der Waals surface area contributed by atoms with E-state index in [4.69, 9.17) is 0 Å². The van der Waals surface area contributed by atoms with Crippen molar-refractivity contribution < 1.29 is 0 Å². The SMILES string of the molecule is CC(c1nccnc1I)C(C)(C)C. The lowest BCUT2D eigenvalue weighted by atomic mass is 9.80. The zero-order chi connectivity index (χ0) is 10.1. The predicted octanol–water partition coefficient (Wildman–Crippen LogP) is 3.23. The molecule has 0 aliphatic rings. The van der Waals surface area contributed by atoms with Crippen LogP contribution in [0.5, 0.6) is 0 Å². The fourth-order valence-electron chi connectivity index (χ4n) is 1.03. The van der Waals surface area contributed by atoms with Crippen LogP contribution in [-0.4, -0.2) is 9.97 Å². The Morgan fingerprint density at radius 1 is 1.23 bits per heavy atom. The first kappa shape index (κ1) is 10.9. The first-order valence-corrected chi connectivity index (χ1v) is 5.47.